The lowest BCUT2D eigenvalue weighted by molar-refractivity contribution is -0.154. The molecule has 0 aliphatic heterocycles. The molecule has 0 radical (unpaired) electrons. The quantitative estimate of drug-likeness (QED) is 0.0391. The molecule has 0 saturated heterocycles. The molecule has 0 bridgehead atoms. The van der Waals surface area contributed by atoms with Gasteiger partial charge >= 0.3 is 5.97 Å². The van der Waals surface area contributed by atoms with E-state index in [2.05, 4.69) is 227 Å². The number of carbonyl (C=O) groups excluding carboxylic acids is 9. The van der Waals surface area contributed by atoms with Crippen LogP contribution in [0, 0.1) is 29.6 Å². The first kappa shape index (κ1) is 121. The van der Waals surface area contributed by atoms with Gasteiger partial charge in [0.25, 0.3) is 17.7 Å². The van der Waals surface area contributed by atoms with Crippen LogP contribution >= 0.6 is 0 Å². The Balaban J connectivity index is 0.000000403. The zero-order valence-corrected chi connectivity index (χ0v) is 90.4. The van der Waals surface area contributed by atoms with Gasteiger partial charge in [0.2, 0.25) is 5.91 Å². The largest absolute Gasteiger partial charge is 0.460 e. The Bertz CT molecular complexity index is 5530. The summed E-state index contributed by atoms with van der Waals surface area (Å²) in [6.45, 7) is 68.1. The Hall–Kier alpha value is -12.2. The zero-order chi connectivity index (χ0) is 105. The van der Waals surface area contributed by atoms with Gasteiger partial charge in [-0.3, -0.25) is 53.1 Å². The third-order valence-corrected chi connectivity index (χ3v) is 21.7. The topological polar surface area (TPSA) is 237 Å². The summed E-state index contributed by atoms with van der Waals surface area (Å²) < 4.78 is 5.28. The van der Waals surface area contributed by atoms with E-state index >= 15 is 0 Å². The van der Waals surface area contributed by atoms with Crippen LogP contribution in [0.15, 0.2) is 255 Å². The fourth-order valence-electron chi connectivity index (χ4n) is 13.2. The smallest absolute Gasteiger partial charge is 0.310 e. The highest BCUT2D eigenvalue weighted by Crippen LogP contribution is 2.28. The van der Waals surface area contributed by atoms with E-state index in [-0.39, 0.29) is 98.8 Å². The number of hydrogen-bond donors (Lipinski definition) is 4. The number of nitrogens with zero attached hydrogens (tertiary/aromatic N) is 2. The molecule has 16 nitrogen and oxygen atoms in total. The first-order valence-corrected chi connectivity index (χ1v) is 49.5. The van der Waals surface area contributed by atoms with Crippen molar-refractivity contribution < 1.29 is 47.9 Å². The van der Waals surface area contributed by atoms with E-state index in [9.17, 15) is 43.2 Å². The molecule has 0 unspecified atom stereocenters. The second kappa shape index (κ2) is 59.3. The summed E-state index contributed by atoms with van der Waals surface area (Å²) in [5, 5.41) is 13.6. The predicted octanol–water partition coefficient (Wildman–Crippen LogP) is 27.6. The van der Waals surface area contributed by atoms with Crippen LogP contribution in [0.3, 0.4) is 0 Å². The number of pyridine rings is 2. The molecular formula is C123H168N6O10. The molecule has 0 atom stereocenters. The Labute approximate surface area is 835 Å². The van der Waals surface area contributed by atoms with Gasteiger partial charge in [0, 0.05) is 115 Å². The van der Waals surface area contributed by atoms with Crippen molar-refractivity contribution in [2.75, 3.05) is 0 Å². The summed E-state index contributed by atoms with van der Waals surface area (Å²) in [6, 6.07) is 80.2. The molecule has 2 aromatic heterocycles. The Morgan fingerprint density at radius 3 is 1.04 bits per heavy atom. The van der Waals surface area contributed by atoms with Crippen molar-refractivity contribution in [3.05, 3.63) is 333 Å². The van der Waals surface area contributed by atoms with E-state index in [0.29, 0.717) is 85.4 Å². The number of amides is 4. The fourth-order valence-corrected chi connectivity index (χ4v) is 13.2. The lowest BCUT2D eigenvalue weighted by atomic mass is 9.86. The molecule has 750 valence electrons. The highest BCUT2D eigenvalue weighted by Gasteiger charge is 2.22. The summed E-state index contributed by atoms with van der Waals surface area (Å²) >= 11 is 0. The van der Waals surface area contributed by atoms with Crippen LogP contribution in [0.2, 0.25) is 0 Å². The maximum absolute atomic E-state index is 11.9. The number of ketones is 4. The van der Waals surface area contributed by atoms with Crippen molar-refractivity contribution >= 4 is 74.5 Å². The minimum Gasteiger partial charge on any atom is -0.460 e. The zero-order valence-electron chi connectivity index (χ0n) is 90.4. The van der Waals surface area contributed by atoms with Gasteiger partial charge in [0.05, 0.1) is 23.0 Å². The molecule has 4 amide bonds. The van der Waals surface area contributed by atoms with Crippen molar-refractivity contribution in [2.24, 2.45) is 29.6 Å². The molecular weight excluding hydrogens is 1720 g/mol. The lowest BCUT2D eigenvalue weighted by Crippen LogP contribution is -2.30. The van der Waals surface area contributed by atoms with Gasteiger partial charge in [0.15, 0.2) is 0 Å². The van der Waals surface area contributed by atoms with Gasteiger partial charge in [0.1, 0.15) is 28.7 Å². The van der Waals surface area contributed by atoms with Crippen molar-refractivity contribution in [1.82, 2.24) is 31.2 Å². The maximum Gasteiger partial charge on any atom is 0.310 e. The van der Waals surface area contributed by atoms with E-state index in [1.807, 2.05) is 257 Å². The standard InChI is InChI=1S/C16H24O.C15H23NO.C15H22O2.C15H22O.C14H15NO.C14H21NO.C13H14N2O.C11H14O.C10H13NO/c1-12(2)10-15(17)11-13-6-8-14(9-7-13)16(3,4)5;1-11(2)14(17)16-10-12-6-8-13(9-7-12)15(3,4)5;1-11(2)13-8-6-12(7-9-13)10-14(16)17-15(3,4)5;1-11(2)14(16)10-12-6-8-13(9-7-12)15(3,4)5;1-10(2)13(16)9-12-6-3-5-11-7-4-8-15-14(11)12;1-10(2)15-13(16)11-6-8-12(9-7-11)14(3,4)5;1-9(2)15-13(16)11-7-3-5-10-6-4-8-14-12(10)11;1-9(2)11(12)8-10-6-4-3-5-7-10;1-8(2)11-10(12)9-6-4-3-5-7-9/h6-9,12H,10-11H2,1-5H3;6-9,11H,10H2,1-5H3,(H,16,17);6-9,11H,10H2,1-5H3;6-9,11H,10H2,1-5H3;3-8,10H,9H2,1-2H3;6-10H,1-5H3,(H,15,16);3-9H,1-2H3,(H,15,16);3-7,9H,8H2,1-2H3;3-8H,1-2H3,(H,11,12). The fraction of sp³-hybridized carbons (Fsp3) is 0.439. The molecule has 0 fully saturated rings. The number of carbonyl (C=O) groups is 9. The number of hydrogen-bond acceptors (Lipinski definition) is 12. The van der Waals surface area contributed by atoms with E-state index in [1.165, 1.54) is 27.8 Å². The summed E-state index contributed by atoms with van der Waals surface area (Å²) in [7, 11) is 0. The lowest BCUT2D eigenvalue weighted by Gasteiger charge is -2.19. The minimum absolute atomic E-state index is 0.00420. The summed E-state index contributed by atoms with van der Waals surface area (Å²) in [4.78, 5) is 113. The third-order valence-electron chi connectivity index (χ3n) is 21.7. The van der Waals surface area contributed by atoms with Gasteiger partial charge in [-0.25, -0.2) is 0 Å². The van der Waals surface area contributed by atoms with Crippen molar-refractivity contribution in [1.29, 1.82) is 0 Å². The van der Waals surface area contributed by atoms with Crippen molar-refractivity contribution in [3.8, 4) is 0 Å². The Morgan fingerprint density at radius 1 is 0.309 bits per heavy atom. The highest BCUT2D eigenvalue weighted by molar-refractivity contribution is 6.05. The molecule has 0 aliphatic carbocycles. The minimum atomic E-state index is -0.408. The number of esters is 1. The van der Waals surface area contributed by atoms with E-state index in [1.54, 1.807) is 30.6 Å². The first-order valence-electron chi connectivity index (χ1n) is 49.5. The number of Topliss-reactive ketones (excluding diaryl/α,β-unsaturated/α-hetero) is 4. The molecule has 11 aromatic rings. The van der Waals surface area contributed by atoms with Crippen molar-refractivity contribution in [3.63, 3.8) is 0 Å². The molecule has 0 saturated carbocycles. The maximum atomic E-state index is 11.9. The SMILES string of the molecule is CC(C)C(=O)Cc1ccc(C(C)(C)C)cc1.CC(C)C(=O)Cc1cccc2cccnc12.CC(C)C(=O)Cc1ccccc1.CC(C)C(=O)NCc1ccc(C(C)(C)C)cc1.CC(C)CC(=O)Cc1ccc(C(C)(C)C)cc1.CC(C)NC(=O)c1ccc(C(C)(C)C)cc1.CC(C)NC(=O)c1cccc2cccnc12.CC(C)NC(=O)c1ccccc1.CC(C)c1ccc(CC(=O)OC(C)(C)C)cc1. The number of ether oxygens (including phenoxy) is 1. The van der Waals surface area contributed by atoms with Crippen LogP contribution in [0.1, 0.15) is 333 Å². The van der Waals surface area contributed by atoms with Crippen LogP contribution in [-0.2, 0) is 93.8 Å². The second-order valence-corrected chi connectivity index (χ2v) is 43.5. The van der Waals surface area contributed by atoms with Crippen LogP contribution in [0.25, 0.3) is 21.8 Å². The predicted molar refractivity (Wildman–Crippen MR) is 580 cm³/mol. The molecule has 0 aliphatic rings. The van der Waals surface area contributed by atoms with Gasteiger partial charge in [-0.05, 0) is 199 Å². The first-order chi connectivity index (χ1) is 64.7. The molecule has 16 heteroatoms. The molecule has 139 heavy (non-hydrogen) atoms. The van der Waals surface area contributed by atoms with Gasteiger partial charge in [-0.2, -0.15) is 0 Å². The Kier molecular flexibility index (Phi) is 51.6. The molecule has 2 heterocycles. The highest BCUT2D eigenvalue weighted by atomic mass is 16.6. The van der Waals surface area contributed by atoms with Gasteiger partial charge in [-0.1, -0.05) is 366 Å². The number of fused-ring (bicyclic) bond motifs is 2. The van der Waals surface area contributed by atoms with Crippen LogP contribution in [0.5, 0.6) is 0 Å². The van der Waals surface area contributed by atoms with Gasteiger partial charge in [-0.15, -0.1) is 0 Å². The number of para-hydroxylation sites is 2. The Morgan fingerprint density at radius 2 is 0.647 bits per heavy atom. The summed E-state index contributed by atoms with van der Waals surface area (Å²) in [6.07, 6.45) is 6.67. The van der Waals surface area contributed by atoms with Crippen LogP contribution < -0.4 is 21.3 Å². The van der Waals surface area contributed by atoms with Crippen LogP contribution in [-0.4, -0.2) is 86.4 Å². The summed E-state index contributed by atoms with van der Waals surface area (Å²) in [5.41, 5.74) is 17.0. The molecule has 11 rings (SSSR count). The second-order valence-electron chi connectivity index (χ2n) is 43.5. The number of nitrogens with one attached hydrogen (secondary N) is 4. The average Bonchev–Trinajstić information content (AvgIpc) is 0.810. The van der Waals surface area contributed by atoms with E-state index in [4.69, 9.17) is 4.74 Å². The number of aromatic nitrogens is 2. The number of rotatable bonds is 25. The third kappa shape index (κ3) is 49.3. The molecule has 4 N–H and O–H groups in total. The van der Waals surface area contributed by atoms with Crippen molar-refractivity contribution in [2.45, 2.75) is 325 Å². The number of benzene rings is 9. The monoisotopic (exact) mass is 1890 g/mol. The summed E-state index contributed by atoms with van der Waals surface area (Å²) in [5.74, 6) is 2.43. The molecule has 9 aromatic carbocycles. The van der Waals surface area contributed by atoms with E-state index in [0.717, 1.165) is 60.8 Å². The van der Waals surface area contributed by atoms with Gasteiger partial charge < -0.3 is 26.0 Å². The molecule has 0 spiro atoms. The average molecular weight is 1890 g/mol. The van der Waals surface area contributed by atoms with Crippen LogP contribution in [0.4, 0.5) is 0 Å². The van der Waals surface area contributed by atoms with E-state index < -0.39 is 5.60 Å². The normalized spacial score (nSPS) is 11.2.